The first-order valence-corrected chi connectivity index (χ1v) is 9.84. The van der Waals surface area contributed by atoms with E-state index in [2.05, 4.69) is 5.32 Å². The topological polar surface area (TPSA) is 66.5 Å². The van der Waals surface area contributed by atoms with E-state index in [1.807, 2.05) is 0 Å². The number of nitrogens with zero attached hydrogens (tertiary/aromatic N) is 1. The van der Waals surface area contributed by atoms with E-state index in [0.29, 0.717) is 24.4 Å². The van der Waals surface area contributed by atoms with Gasteiger partial charge in [0.1, 0.15) is 5.82 Å². The van der Waals surface area contributed by atoms with E-state index in [-0.39, 0.29) is 23.2 Å². The van der Waals surface area contributed by atoms with Crippen molar-refractivity contribution < 1.29 is 17.6 Å². The predicted molar refractivity (Wildman–Crippen MR) is 99.0 cm³/mol. The molecule has 0 saturated carbocycles. The second-order valence-electron chi connectivity index (χ2n) is 5.79. The van der Waals surface area contributed by atoms with Crippen LogP contribution in [0.3, 0.4) is 0 Å². The molecule has 0 aliphatic carbocycles. The monoisotopic (exact) mass is 398 g/mol. The minimum atomic E-state index is -3.75. The summed E-state index contributed by atoms with van der Waals surface area (Å²) in [5.41, 5.74) is 0.975. The summed E-state index contributed by atoms with van der Waals surface area (Å²) < 4.78 is 38.6. The second kappa shape index (κ2) is 9.12. The largest absolute Gasteiger partial charge is 0.355 e. The molecule has 0 aliphatic heterocycles. The number of likely N-dealkylation sites (N-methyl/N-ethyl adjacent to an activating group) is 1. The number of amides is 1. The van der Waals surface area contributed by atoms with Gasteiger partial charge in [0.25, 0.3) is 0 Å². The normalized spacial score (nSPS) is 11.5. The molecule has 0 heterocycles. The van der Waals surface area contributed by atoms with Gasteiger partial charge in [0.15, 0.2) is 0 Å². The lowest BCUT2D eigenvalue weighted by Crippen LogP contribution is -2.38. The van der Waals surface area contributed by atoms with Gasteiger partial charge in [0, 0.05) is 18.6 Å². The Hall–Kier alpha value is -1.96. The maximum Gasteiger partial charge on any atom is 0.243 e. The molecule has 2 aromatic carbocycles. The molecule has 0 aliphatic rings. The van der Waals surface area contributed by atoms with Crippen molar-refractivity contribution in [1.82, 2.24) is 9.62 Å². The van der Waals surface area contributed by atoms with E-state index in [4.69, 9.17) is 11.6 Å². The minimum absolute atomic E-state index is 0.0773. The van der Waals surface area contributed by atoms with E-state index in [1.165, 1.54) is 43.4 Å². The number of halogens is 2. The number of aryl methyl sites for hydroxylation is 1. The molecule has 5 nitrogen and oxygen atoms in total. The minimum Gasteiger partial charge on any atom is -0.355 e. The van der Waals surface area contributed by atoms with Crippen LogP contribution in [0.1, 0.15) is 12.0 Å². The third-order valence-electron chi connectivity index (χ3n) is 3.77. The molecule has 140 valence electrons. The fourth-order valence-corrected chi connectivity index (χ4v) is 3.55. The van der Waals surface area contributed by atoms with Gasteiger partial charge in [-0.25, -0.2) is 12.8 Å². The Morgan fingerprint density at radius 3 is 2.35 bits per heavy atom. The van der Waals surface area contributed by atoms with Crippen LogP contribution >= 0.6 is 11.6 Å². The highest BCUT2D eigenvalue weighted by molar-refractivity contribution is 7.89. The number of hydrogen-bond donors (Lipinski definition) is 1. The fourth-order valence-electron chi connectivity index (χ4n) is 2.30. The Bertz CT molecular complexity index is 840. The number of carbonyl (C=O) groups is 1. The Labute approximate surface area is 157 Å². The Morgan fingerprint density at radius 2 is 1.73 bits per heavy atom. The first-order chi connectivity index (χ1) is 12.3. The van der Waals surface area contributed by atoms with Crippen LogP contribution in [0.4, 0.5) is 4.39 Å². The highest BCUT2D eigenvalue weighted by Crippen LogP contribution is 2.17. The molecule has 0 fully saturated rings. The summed E-state index contributed by atoms with van der Waals surface area (Å²) in [6.45, 7) is 0.131. The average Bonchev–Trinajstić information content (AvgIpc) is 2.60. The van der Waals surface area contributed by atoms with Crippen molar-refractivity contribution in [1.29, 1.82) is 0 Å². The number of hydrogen-bond acceptors (Lipinski definition) is 3. The molecule has 1 N–H and O–H groups in total. The first-order valence-electron chi connectivity index (χ1n) is 8.02. The summed E-state index contributed by atoms with van der Waals surface area (Å²) in [6, 6.07) is 11.9. The molecular weight excluding hydrogens is 379 g/mol. The molecule has 8 heteroatoms. The smallest absolute Gasteiger partial charge is 0.243 e. The zero-order chi connectivity index (χ0) is 19.2. The van der Waals surface area contributed by atoms with Crippen LogP contribution in [-0.4, -0.2) is 38.8 Å². The van der Waals surface area contributed by atoms with Crippen LogP contribution in [0, 0.1) is 5.82 Å². The number of sulfonamides is 1. The zero-order valence-electron chi connectivity index (χ0n) is 14.3. The van der Waals surface area contributed by atoms with Crippen molar-refractivity contribution in [2.45, 2.75) is 17.7 Å². The van der Waals surface area contributed by atoms with Crippen LogP contribution in [0.15, 0.2) is 53.4 Å². The molecule has 0 radical (unpaired) electrons. The van der Waals surface area contributed by atoms with Crippen molar-refractivity contribution in [2.75, 3.05) is 20.1 Å². The first kappa shape index (κ1) is 20.4. The van der Waals surface area contributed by atoms with Gasteiger partial charge in [-0.3, -0.25) is 4.79 Å². The Morgan fingerprint density at radius 1 is 1.12 bits per heavy atom. The van der Waals surface area contributed by atoms with Crippen molar-refractivity contribution in [3.8, 4) is 0 Å². The molecule has 2 aromatic rings. The Balaban J connectivity index is 1.79. The zero-order valence-corrected chi connectivity index (χ0v) is 15.9. The second-order valence-corrected chi connectivity index (χ2v) is 8.28. The van der Waals surface area contributed by atoms with Gasteiger partial charge in [-0.05, 0) is 54.8 Å². The van der Waals surface area contributed by atoms with Gasteiger partial charge in [-0.15, -0.1) is 0 Å². The van der Waals surface area contributed by atoms with Gasteiger partial charge in [-0.1, -0.05) is 23.7 Å². The molecule has 1 amide bonds. The summed E-state index contributed by atoms with van der Waals surface area (Å²) in [5.74, 6) is -0.670. The van der Waals surface area contributed by atoms with Crippen LogP contribution in [0.5, 0.6) is 0 Å². The van der Waals surface area contributed by atoms with Gasteiger partial charge in [-0.2, -0.15) is 4.31 Å². The van der Waals surface area contributed by atoms with Crippen molar-refractivity contribution in [3.63, 3.8) is 0 Å². The van der Waals surface area contributed by atoms with Gasteiger partial charge in [0.05, 0.1) is 11.4 Å². The van der Waals surface area contributed by atoms with E-state index in [9.17, 15) is 17.6 Å². The summed E-state index contributed by atoms with van der Waals surface area (Å²) >= 11 is 5.76. The number of benzene rings is 2. The molecule has 0 atom stereocenters. The average molecular weight is 399 g/mol. The molecule has 0 aromatic heterocycles. The van der Waals surface area contributed by atoms with E-state index < -0.39 is 10.0 Å². The SMILES string of the molecule is CN(CC(=O)NCCCc1ccc(F)cc1)S(=O)(=O)c1ccc(Cl)cc1. The van der Waals surface area contributed by atoms with Crippen LogP contribution in [-0.2, 0) is 21.2 Å². The fraction of sp³-hybridized carbons (Fsp3) is 0.278. The summed E-state index contributed by atoms with van der Waals surface area (Å²) in [6.07, 6.45) is 1.37. The lowest BCUT2D eigenvalue weighted by atomic mass is 10.1. The molecular formula is C18H20ClFN2O3S. The summed E-state index contributed by atoms with van der Waals surface area (Å²) in [7, 11) is -2.40. The van der Waals surface area contributed by atoms with E-state index >= 15 is 0 Å². The van der Waals surface area contributed by atoms with E-state index in [1.54, 1.807) is 12.1 Å². The van der Waals surface area contributed by atoms with Crippen molar-refractivity contribution in [3.05, 3.63) is 64.9 Å². The lowest BCUT2D eigenvalue weighted by Gasteiger charge is -2.17. The summed E-state index contributed by atoms with van der Waals surface area (Å²) in [4.78, 5) is 12.0. The Kier molecular flexibility index (Phi) is 7.14. The number of carbonyl (C=O) groups excluding carboxylic acids is 1. The van der Waals surface area contributed by atoms with Crippen molar-refractivity contribution in [2.24, 2.45) is 0 Å². The standard InChI is InChI=1S/C18H20ClFN2O3S/c1-22(26(24,25)17-10-6-15(19)7-11-17)13-18(23)21-12-2-3-14-4-8-16(20)9-5-14/h4-11H,2-3,12-13H2,1H3,(H,21,23). The van der Waals surface area contributed by atoms with Crippen LogP contribution in [0.2, 0.25) is 5.02 Å². The van der Waals surface area contributed by atoms with Crippen LogP contribution in [0.25, 0.3) is 0 Å². The van der Waals surface area contributed by atoms with E-state index in [0.717, 1.165) is 9.87 Å². The lowest BCUT2D eigenvalue weighted by molar-refractivity contribution is -0.121. The molecule has 2 rings (SSSR count). The maximum atomic E-state index is 12.8. The molecule has 0 spiro atoms. The highest BCUT2D eigenvalue weighted by atomic mass is 35.5. The molecule has 26 heavy (non-hydrogen) atoms. The van der Waals surface area contributed by atoms with Gasteiger partial charge in [0.2, 0.25) is 15.9 Å². The maximum absolute atomic E-state index is 12.8. The molecule has 0 saturated heterocycles. The van der Waals surface area contributed by atoms with Crippen molar-refractivity contribution >= 4 is 27.5 Å². The third-order valence-corrected chi connectivity index (χ3v) is 5.84. The number of nitrogens with one attached hydrogen (secondary N) is 1. The third kappa shape index (κ3) is 5.79. The quantitative estimate of drug-likeness (QED) is 0.695. The highest BCUT2D eigenvalue weighted by Gasteiger charge is 2.22. The molecule has 0 unspecified atom stereocenters. The summed E-state index contributed by atoms with van der Waals surface area (Å²) in [5, 5.41) is 3.12. The van der Waals surface area contributed by atoms with Crippen LogP contribution < -0.4 is 5.32 Å². The van der Waals surface area contributed by atoms with Gasteiger partial charge >= 0.3 is 0 Å². The number of rotatable bonds is 8. The van der Waals surface area contributed by atoms with Gasteiger partial charge < -0.3 is 5.32 Å². The predicted octanol–water partition coefficient (Wildman–Crippen LogP) is 2.85. The molecule has 0 bridgehead atoms.